The van der Waals surface area contributed by atoms with E-state index in [2.05, 4.69) is 5.32 Å². The van der Waals surface area contributed by atoms with Gasteiger partial charge in [0.25, 0.3) is 5.91 Å². The molecule has 1 aliphatic rings. The van der Waals surface area contributed by atoms with Crippen molar-refractivity contribution in [1.82, 2.24) is 14.5 Å². The number of rotatable bonds is 14. The third-order valence-electron chi connectivity index (χ3n) is 7.39. The largest absolute Gasteiger partial charge is 0.493 e. The van der Waals surface area contributed by atoms with E-state index in [-0.39, 0.29) is 24.0 Å². The molecule has 1 aliphatic heterocycles. The van der Waals surface area contributed by atoms with Crippen LogP contribution in [0.3, 0.4) is 0 Å². The average molecular weight is 660 g/mol. The first-order valence-electron chi connectivity index (χ1n) is 14.5. The van der Waals surface area contributed by atoms with Gasteiger partial charge in [0.1, 0.15) is 11.8 Å². The van der Waals surface area contributed by atoms with E-state index >= 15 is 0 Å². The molecule has 0 aromatic heterocycles. The minimum Gasteiger partial charge on any atom is -0.493 e. The molecule has 45 heavy (non-hydrogen) atoms. The number of morpholine rings is 1. The van der Waals surface area contributed by atoms with E-state index in [1.165, 1.54) is 33.5 Å². The van der Waals surface area contributed by atoms with Crippen molar-refractivity contribution in [2.75, 3.05) is 53.7 Å². The Kier molecular flexibility index (Phi) is 12.1. The van der Waals surface area contributed by atoms with Crippen LogP contribution in [0.2, 0.25) is 5.02 Å². The number of nitrogens with one attached hydrogen (secondary N) is 1. The molecule has 4 rings (SSSR count). The van der Waals surface area contributed by atoms with Crippen LogP contribution in [0.5, 0.6) is 17.2 Å². The fourth-order valence-electron chi connectivity index (χ4n) is 4.75. The number of carbonyl (C=O) groups excluding carboxylic acids is 2. The predicted octanol–water partition coefficient (Wildman–Crippen LogP) is 3.53. The summed E-state index contributed by atoms with van der Waals surface area (Å²) in [5, 5.41) is 3.47. The Labute approximate surface area is 269 Å². The summed E-state index contributed by atoms with van der Waals surface area (Å²) in [6.07, 6.45) is 0.546. The Morgan fingerprint density at radius 3 is 2.24 bits per heavy atom. The van der Waals surface area contributed by atoms with Gasteiger partial charge in [0, 0.05) is 31.2 Å². The monoisotopic (exact) mass is 659 g/mol. The van der Waals surface area contributed by atoms with Crippen molar-refractivity contribution in [3.8, 4) is 17.2 Å². The highest BCUT2D eigenvalue weighted by Crippen LogP contribution is 2.27. The van der Waals surface area contributed by atoms with Crippen LogP contribution in [0, 0.1) is 0 Å². The third-order valence-corrected chi connectivity index (χ3v) is 9.55. The molecule has 0 bridgehead atoms. The number of sulfonamides is 1. The van der Waals surface area contributed by atoms with E-state index in [4.69, 9.17) is 30.5 Å². The third kappa shape index (κ3) is 9.10. The van der Waals surface area contributed by atoms with E-state index in [1.807, 2.05) is 18.2 Å². The van der Waals surface area contributed by atoms with E-state index in [0.717, 1.165) is 11.1 Å². The number of hydrogen-bond acceptors (Lipinski definition) is 8. The van der Waals surface area contributed by atoms with Crippen LogP contribution in [-0.2, 0) is 37.3 Å². The molecule has 1 unspecified atom stereocenters. The van der Waals surface area contributed by atoms with Crippen molar-refractivity contribution in [2.24, 2.45) is 0 Å². The van der Waals surface area contributed by atoms with Crippen LogP contribution < -0.4 is 19.5 Å². The van der Waals surface area contributed by atoms with Gasteiger partial charge in [-0.1, -0.05) is 29.8 Å². The molecule has 3 aromatic rings. The Hall–Kier alpha value is -3.84. The highest BCUT2D eigenvalue weighted by Gasteiger charge is 2.28. The molecule has 1 atom stereocenters. The standard InChI is InChI=1S/C32H38ClN3O8S/c1-23(32(38)34-15-14-24-6-13-29(41-2)30(20-24)42-3)36(21-25-4-7-26(33)8-5-25)31(37)22-44-27-9-11-28(12-10-27)45(39,40)35-16-18-43-19-17-35/h4-13,20,23H,14-19,21-22H2,1-3H3,(H,34,38). The van der Waals surface area contributed by atoms with Crippen molar-refractivity contribution in [3.05, 3.63) is 82.9 Å². The van der Waals surface area contributed by atoms with Crippen molar-refractivity contribution in [3.63, 3.8) is 0 Å². The molecule has 2 amide bonds. The van der Waals surface area contributed by atoms with E-state index in [9.17, 15) is 18.0 Å². The van der Waals surface area contributed by atoms with Crippen LogP contribution in [0.15, 0.2) is 71.6 Å². The van der Waals surface area contributed by atoms with E-state index < -0.39 is 22.0 Å². The number of methoxy groups -OCH3 is 2. The summed E-state index contributed by atoms with van der Waals surface area (Å²) in [6, 6.07) is 17.7. The van der Waals surface area contributed by atoms with Gasteiger partial charge in [0.15, 0.2) is 18.1 Å². The van der Waals surface area contributed by atoms with Gasteiger partial charge in [-0.2, -0.15) is 4.31 Å². The lowest BCUT2D eigenvalue weighted by atomic mass is 10.1. The number of ether oxygens (including phenoxy) is 4. The maximum Gasteiger partial charge on any atom is 0.261 e. The number of nitrogens with zero attached hydrogens (tertiary/aromatic N) is 2. The second-order valence-electron chi connectivity index (χ2n) is 10.3. The number of hydrogen-bond donors (Lipinski definition) is 1. The van der Waals surface area contributed by atoms with Gasteiger partial charge >= 0.3 is 0 Å². The smallest absolute Gasteiger partial charge is 0.261 e. The van der Waals surface area contributed by atoms with Crippen LogP contribution in [0.1, 0.15) is 18.1 Å². The van der Waals surface area contributed by atoms with Gasteiger partial charge in [-0.25, -0.2) is 8.42 Å². The highest BCUT2D eigenvalue weighted by molar-refractivity contribution is 7.89. The molecule has 11 nitrogen and oxygen atoms in total. The lowest BCUT2D eigenvalue weighted by molar-refractivity contribution is -0.142. The summed E-state index contributed by atoms with van der Waals surface area (Å²) < 4.78 is 48.8. The van der Waals surface area contributed by atoms with Gasteiger partial charge in [-0.15, -0.1) is 0 Å². The van der Waals surface area contributed by atoms with Gasteiger partial charge in [0.05, 0.1) is 32.3 Å². The quantitative estimate of drug-likeness (QED) is 0.279. The molecule has 13 heteroatoms. The summed E-state index contributed by atoms with van der Waals surface area (Å²) in [4.78, 5) is 28.2. The van der Waals surface area contributed by atoms with Crippen molar-refractivity contribution in [1.29, 1.82) is 0 Å². The SMILES string of the molecule is COc1ccc(CCNC(=O)C(C)N(Cc2ccc(Cl)cc2)C(=O)COc2ccc(S(=O)(=O)N3CCOCC3)cc2)cc1OC. The van der Waals surface area contributed by atoms with Gasteiger partial charge < -0.3 is 29.2 Å². The summed E-state index contributed by atoms with van der Waals surface area (Å²) >= 11 is 6.04. The lowest BCUT2D eigenvalue weighted by Gasteiger charge is -2.29. The minimum absolute atomic E-state index is 0.130. The Morgan fingerprint density at radius 2 is 1.60 bits per heavy atom. The topological polar surface area (TPSA) is 124 Å². The first-order valence-corrected chi connectivity index (χ1v) is 16.3. The normalized spacial score (nSPS) is 14.3. The molecule has 1 heterocycles. The summed E-state index contributed by atoms with van der Waals surface area (Å²) in [5.74, 6) is 0.796. The maximum absolute atomic E-state index is 13.4. The van der Waals surface area contributed by atoms with Crippen LogP contribution in [0.4, 0.5) is 0 Å². The van der Waals surface area contributed by atoms with Crippen molar-refractivity contribution >= 4 is 33.4 Å². The van der Waals surface area contributed by atoms with Gasteiger partial charge in [-0.05, 0) is 73.0 Å². The van der Waals surface area contributed by atoms with E-state index in [0.29, 0.717) is 61.5 Å². The molecule has 242 valence electrons. The lowest BCUT2D eigenvalue weighted by Crippen LogP contribution is -2.49. The second kappa shape index (κ2) is 15.9. The van der Waals surface area contributed by atoms with Crippen molar-refractivity contribution in [2.45, 2.75) is 30.8 Å². The fraction of sp³-hybridized carbons (Fsp3) is 0.375. The zero-order chi connectivity index (χ0) is 32.4. The molecular formula is C32H38ClN3O8S. The predicted molar refractivity (Wildman–Crippen MR) is 169 cm³/mol. The zero-order valence-corrected chi connectivity index (χ0v) is 27.1. The molecule has 0 saturated carbocycles. The van der Waals surface area contributed by atoms with E-state index in [1.54, 1.807) is 45.4 Å². The summed E-state index contributed by atoms with van der Waals surface area (Å²) in [5.41, 5.74) is 1.74. The van der Waals surface area contributed by atoms with Gasteiger partial charge in [0.2, 0.25) is 15.9 Å². The first kappa shape index (κ1) is 34.0. The Balaban J connectivity index is 1.39. The van der Waals surface area contributed by atoms with Crippen LogP contribution in [0.25, 0.3) is 0 Å². The Bertz CT molecular complexity index is 1550. The van der Waals surface area contributed by atoms with Gasteiger partial charge in [-0.3, -0.25) is 9.59 Å². The zero-order valence-electron chi connectivity index (χ0n) is 25.5. The molecule has 0 aliphatic carbocycles. The summed E-state index contributed by atoms with van der Waals surface area (Å²) in [6.45, 7) is 3.09. The number of carbonyl (C=O) groups is 2. The number of amides is 2. The minimum atomic E-state index is -3.66. The number of halogens is 1. The maximum atomic E-state index is 13.4. The summed E-state index contributed by atoms with van der Waals surface area (Å²) in [7, 11) is -0.528. The van der Waals surface area contributed by atoms with Crippen molar-refractivity contribution < 1.29 is 37.0 Å². The molecule has 0 spiro atoms. The molecule has 1 fully saturated rings. The Morgan fingerprint density at radius 1 is 0.956 bits per heavy atom. The molecule has 1 N–H and O–H groups in total. The second-order valence-corrected chi connectivity index (χ2v) is 12.7. The molecule has 3 aromatic carbocycles. The molecule has 0 radical (unpaired) electrons. The highest BCUT2D eigenvalue weighted by atomic mass is 35.5. The number of benzene rings is 3. The van der Waals surface area contributed by atoms with Crippen LogP contribution in [-0.4, -0.2) is 89.2 Å². The molecule has 1 saturated heterocycles. The first-order chi connectivity index (χ1) is 21.6. The fourth-order valence-corrected chi connectivity index (χ4v) is 6.29. The van der Waals surface area contributed by atoms with Crippen LogP contribution >= 0.6 is 11.6 Å². The average Bonchev–Trinajstić information content (AvgIpc) is 3.07. The molecular weight excluding hydrogens is 622 g/mol.